The maximum atomic E-state index is 12.1. The van der Waals surface area contributed by atoms with Crippen molar-refractivity contribution in [3.05, 3.63) is 51.7 Å². The summed E-state index contributed by atoms with van der Waals surface area (Å²) in [5, 5.41) is 4.96. The summed E-state index contributed by atoms with van der Waals surface area (Å²) in [6, 6.07) is 9.11. The summed E-state index contributed by atoms with van der Waals surface area (Å²) >= 11 is 1.46. The number of nitrogens with zero attached hydrogens (tertiary/aromatic N) is 1. The second-order valence-corrected chi connectivity index (χ2v) is 5.76. The summed E-state index contributed by atoms with van der Waals surface area (Å²) in [7, 11) is 3.44. The highest BCUT2D eigenvalue weighted by Crippen LogP contribution is 2.20. The Balaban J connectivity index is 2.12. The van der Waals surface area contributed by atoms with Crippen molar-refractivity contribution in [1.82, 2.24) is 4.90 Å². The van der Waals surface area contributed by atoms with Crippen molar-refractivity contribution in [1.29, 1.82) is 0 Å². The molecule has 6 heteroatoms. The van der Waals surface area contributed by atoms with Gasteiger partial charge in [0.15, 0.2) is 0 Å². The Kier molecular flexibility index (Phi) is 4.59. The summed E-state index contributed by atoms with van der Waals surface area (Å²) in [6.07, 6.45) is 0. The number of carbonyl (C=O) groups is 2. The SMILES string of the molecule is CN(C)C(=O)c1ccccc1NCc1cc(C(N)=O)cs1. The van der Waals surface area contributed by atoms with Crippen LogP contribution in [0.2, 0.25) is 0 Å². The van der Waals surface area contributed by atoms with Crippen molar-refractivity contribution in [2.75, 3.05) is 19.4 Å². The van der Waals surface area contributed by atoms with Gasteiger partial charge >= 0.3 is 0 Å². The molecule has 3 N–H and O–H groups in total. The van der Waals surface area contributed by atoms with Crippen LogP contribution in [0.5, 0.6) is 0 Å². The average molecular weight is 303 g/mol. The Morgan fingerprint density at radius 1 is 1.29 bits per heavy atom. The first-order valence-electron chi connectivity index (χ1n) is 6.41. The van der Waals surface area contributed by atoms with Crippen molar-refractivity contribution < 1.29 is 9.59 Å². The number of nitrogens with two attached hydrogens (primary N) is 1. The lowest BCUT2D eigenvalue weighted by atomic mass is 10.1. The highest BCUT2D eigenvalue weighted by molar-refractivity contribution is 7.10. The number of rotatable bonds is 5. The number of nitrogens with one attached hydrogen (secondary N) is 1. The standard InChI is InChI=1S/C15H17N3O2S/c1-18(2)15(20)12-5-3-4-6-13(12)17-8-11-7-10(9-21-11)14(16)19/h3-7,9,17H,8H2,1-2H3,(H2,16,19). The van der Waals surface area contributed by atoms with E-state index in [0.29, 0.717) is 17.7 Å². The number of hydrogen-bond acceptors (Lipinski definition) is 4. The maximum Gasteiger partial charge on any atom is 0.255 e. The van der Waals surface area contributed by atoms with Crippen LogP contribution < -0.4 is 11.1 Å². The minimum atomic E-state index is -0.430. The monoisotopic (exact) mass is 303 g/mol. The molecule has 1 aromatic carbocycles. The first-order chi connectivity index (χ1) is 9.99. The number of primary amides is 1. The third-order valence-corrected chi connectivity index (χ3v) is 3.89. The molecule has 0 radical (unpaired) electrons. The molecule has 2 rings (SSSR count). The molecule has 0 saturated carbocycles. The van der Waals surface area contributed by atoms with Crippen LogP contribution in [-0.4, -0.2) is 30.8 Å². The Bertz CT molecular complexity index is 664. The van der Waals surface area contributed by atoms with Gasteiger partial charge in [0.05, 0.1) is 11.1 Å². The van der Waals surface area contributed by atoms with E-state index in [4.69, 9.17) is 5.73 Å². The number of benzene rings is 1. The van der Waals surface area contributed by atoms with Gasteiger partial charge in [-0.15, -0.1) is 11.3 Å². The zero-order valence-electron chi connectivity index (χ0n) is 11.9. The average Bonchev–Trinajstić information content (AvgIpc) is 2.93. The summed E-state index contributed by atoms with van der Waals surface area (Å²) < 4.78 is 0. The zero-order chi connectivity index (χ0) is 15.4. The molecule has 2 amide bonds. The Morgan fingerprint density at radius 2 is 2.00 bits per heavy atom. The van der Waals surface area contributed by atoms with Gasteiger partial charge in [-0.3, -0.25) is 9.59 Å². The van der Waals surface area contributed by atoms with E-state index in [2.05, 4.69) is 5.32 Å². The van der Waals surface area contributed by atoms with E-state index in [0.717, 1.165) is 10.6 Å². The number of anilines is 1. The smallest absolute Gasteiger partial charge is 0.255 e. The molecule has 0 saturated heterocycles. The third kappa shape index (κ3) is 3.61. The van der Waals surface area contributed by atoms with Crippen molar-refractivity contribution in [3.8, 4) is 0 Å². The first-order valence-corrected chi connectivity index (χ1v) is 7.28. The number of para-hydroxylation sites is 1. The molecular weight excluding hydrogens is 286 g/mol. The van der Waals surface area contributed by atoms with Gasteiger partial charge in [0, 0.05) is 36.6 Å². The number of carbonyl (C=O) groups excluding carboxylic acids is 2. The highest BCUT2D eigenvalue weighted by Gasteiger charge is 2.12. The normalized spacial score (nSPS) is 10.2. The van der Waals surface area contributed by atoms with Gasteiger partial charge in [0.25, 0.3) is 5.91 Å². The largest absolute Gasteiger partial charge is 0.380 e. The summed E-state index contributed by atoms with van der Waals surface area (Å²) in [6.45, 7) is 0.537. The van der Waals surface area contributed by atoms with E-state index in [1.165, 1.54) is 16.2 Å². The molecule has 21 heavy (non-hydrogen) atoms. The van der Waals surface area contributed by atoms with Crippen molar-refractivity contribution in [2.24, 2.45) is 5.73 Å². The van der Waals surface area contributed by atoms with Crippen LogP contribution in [0.15, 0.2) is 35.7 Å². The fourth-order valence-corrected chi connectivity index (χ4v) is 2.66. The van der Waals surface area contributed by atoms with Crippen LogP contribution in [0.1, 0.15) is 25.6 Å². The Hall–Kier alpha value is -2.34. The molecule has 0 aliphatic heterocycles. The van der Waals surface area contributed by atoms with Crippen LogP contribution in [0.3, 0.4) is 0 Å². The summed E-state index contributed by atoms with van der Waals surface area (Å²) in [5.41, 5.74) is 7.13. The molecule has 0 aliphatic carbocycles. The number of thiophene rings is 1. The molecule has 0 spiro atoms. The van der Waals surface area contributed by atoms with Gasteiger partial charge in [-0.2, -0.15) is 0 Å². The van der Waals surface area contributed by atoms with Gasteiger partial charge in [0.1, 0.15) is 0 Å². The van der Waals surface area contributed by atoms with E-state index in [-0.39, 0.29) is 5.91 Å². The number of amides is 2. The van der Waals surface area contributed by atoms with E-state index >= 15 is 0 Å². The molecule has 5 nitrogen and oxygen atoms in total. The van der Waals surface area contributed by atoms with Crippen LogP contribution in [0.4, 0.5) is 5.69 Å². The third-order valence-electron chi connectivity index (χ3n) is 2.95. The quantitative estimate of drug-likeness (QED) is 0.888. The summed E-state index contributed by atoms with van der Waals surface area (Å²) in [4.78, 5) is 25.7. The predicted octanol–water partition coefficient (Wildman–Crippen LogP) is 2.16. The summed E-state index contributed by atoms with van der Waals surface area (Å²) in [5.74, 6) is -0.484. The molecule has 1 aromatic heterocycles. The van der Waals surface area contributed by atoms with E-state index in [9.17, 15) is 9.59 Å². The molecule has 0 unspecified atom stereocenters. The lowest BCUT2D eigenvalue weighted by Gasteiger charge is -2.14. The predicted molar refractivity (Wildman–Crippen MR) is 84.6 cm³/mol. The molecule has 110 valence electrons. The van der Waals surface area contributed by atoms with Gasteiger partial charge in [-0.1, -0.05) is 12.1 Å². The second-order valence-electron chi connectivity index (χ2n) is 4.76. The van der Waals surface area contributed by atoms with Crippen LogP contribution >= 0.6 is 11.3 Å². The van der Waals surface area contributed by atoms with Crippen LogP contribution in [-0.2, 0) is 6.54 Å². The van der Waals surface area contributed by atoms with Gasteiger partial charge in [0.2, 0.25) is 5.91 Å². The first kappa shape index (κ1) is 15.1. The van der Waals surface area contributed by atoms with E-state index in [1.54, 1.807) is 31.6 Å². The highest BCUT2D eigenvalue weighted by atomic mass is 32.1. The lowest BCUT2D eigenvalue weighted by molar-refractivity contribution is 0.0828. The van der Waals surface area contributed by atoms with Crippen molar-refractivity contribution >= 4 is 28.8 Å². The van der Waals surface area contributed by atoms with Gasteiger partial charge in [-0.05, 0) is 18.2 Å². The van der Waals surface area contributed by atoms with Crippen LogP contribution in [0, 0.1) is 0 Å². The second kappa shape index (κ2) is 6.41. The minimum Gasteiger partial charge on any atom is -0.380 e. The molecule has 1 heterocycles. The minimum absolute atomic E-state index is 0.0536. The number of hydrogen-bond donors (Lipinski definition) is 2. The molecular formula is C15H17N3O2S. The van der Waals surface area contributed by atoms with Crippen molar-refractivity contribution in [3.63, 3.8) is 0 Å². The molecule has 2 aromatic rings. The Morgan fingerprint density at radius 3 is 2.62 bits per heavy atom. The Labute approximate surface area is 127 Å². The maximum absolute atomic E-state index is 12.1. The molecule has 0 fully saturated rings. The van der Waals surface area contributed by atoms with Gasteiger partial charge < -0.3 is 16.0 Å². The lowest BCUT2D eigenvalue weighted by Crippen LogP contribution is -2.22. The molecule has 0 atom stereocenters. The fraction of sp³-hybridized carbons (Fsp3) is 0.200. The van der Waals surface area contributed by atoms with E-state index in [1.807, 2.05) is 18.2 Å². The van der Waals surface area contributed by atoms with Crippen molar-refractivity contribution in [2.45, 2.75) is 6.54 Å². The fourth-order valence-electron chi connectivity index (χ4n) is 1.85. The topological polar surface area (TPSA) is 75.4 Å². The van der Waals surface area contributed by atoms with E-state index < -0.39 is 5.91 Å². The van der Waals surface area contributed by atoms with Crippen LogP contribution in [0.25, 0.3) is 0 Å². The van der Waals surface area contributed by atoms with Gasteiger partial charge in [-0.25, -0.2) is 0 Å². The molecule has 0 bridgehead atoms. The zero-order valence-corrected chi connectivity index (χ0v) is 12.7. The molecule has 0 aliphatic rings.